The molecule has 3 aromatic rings. The molecule has 3 nitrogen and oxygen atoms in total. The van der Waals surface area contributed by atoms with Gasteiger partial charge in [0.1, 0.15) is 10.8 Å². The monoisotopic (exact) mass is 255 g/mol. The summed E-state index contributed by atoms with van der Waals surface area (Å²) < 4.78 is 0. The van der Waals surface area contributed by atoms with Crippen LogP contribution in [0.4, 0.5) is 5.82 Å². The predicted molar refractivity (Wildman–Crippen MR) is 75.9 cm³/mol. The van der Waals surface area contributed by atoms with Gasteiger partial charge in [0.15, 0.2) is 0 Å². The first-order valence-electron chi connectivity index (χ1n) is 5.82. The van der Waals surface area contributed by atoms with Crippen molar-refractivity contribution in [2.75, 3.05) is 5.32 Å². The highest BCUT2D eigenvalue weighted by molar-refractivity contribution is 7.09. The molecule has 0 saturated carbocycles. The van der Waals surface area contributed by atoms with Gasteiger partial charge in [0.25, 0.3) is 0 Å². The van der Waals surface area contributed by atoms with Crippen molar-refractivity contribution in [1.82, 2.24) is 9.97 Å². The third-order valence-corrected chi connectivity index (χ3v) is 3.65. The van der Waals surface area contributed by atoms with E-state index in [1.807, 2.05) is 31.2 Å². The van der Waals surface area contributed by atoms with E-state index in [-0.39, 0.29) is 0 Å². The summed E-state index contributed by atoms with van der Waals surface area (Å²) in [5, 5.41) is 7.61. The Hall–Kier alpha value is -1.94. The van der Waals surface area contributed by atoms with Crippen LogP contribution in [-0.2, 0) is 6.54 Å². The molecule has 1 N–H and O–H groups in total. The van der Waals surface area contributed by atoms with Gasteiger partial charge in [-0.1, -0.05) is 18.2 Å². The predicted octanol–water partition coefficient (Wildman–Crippen LogP) is 3.61. The zero-order valence-corrected chi connectivity index (χ0v) is 10.9. The molecule has 0 fully saturated rings. The van der Waals surface area contributed by atoms with E-state index in [1.54, 1.807) is 11.3 Å². The van der Waals surface area contributed by atoms with Crippen LogP contribution < -0.4 is 5.32 Å². The van der Waals surface area contributed by atoms with E-state index >= 15 is 0 Å². The van der Waals surface area contributed by atoms with Crippen LogP contribution in [0.2, 0.25) is 0 Å². The zero-order valence-electron chi connectivity index (χ0n) is 10.1. The Morgan fingerprint density at radius 2 is 2.00 bits per heavy atom. The van der Waals surface area contributed by atoms with Crippen LogP contribution in [0.5, 0.6) is 0 Å². The maximum absolute atomic E-state index is 4.56. The number of hydrogen-bond acceptors (Lipinski definition) is 4. The van der Waals surface area contributed by atoms with Gasteiger partial charge in [-0.25, -0.2) is 9.97 Å². The van der Waals surface area contributed by atoms with E-state index in [0.717, 1.165) is 34.0 Å². The normalized spacial score (nSPS) is 10.7. The van der Waals surface area contributed by atoms with Gasteiger partial charge in [-0.05, 0) is 25.1 Å². The largest absolute Gasteiger partial charge is 0.364 e. The fraction of sp³-hybridized carbons (Fsp3) is 0.143. The minimum Gasteiger partial charge on any atom is -0.364 e. The van der Waals surface area contributed by atoms with E-state index < -0.39 is 0 Å². The molecule has 0 saturated heterocycles. The maximum atomic E-state index is 4.56. The van der Waals surface area contributed by atoms with Crippen molar-refractivity contribution in [2.45, 2.75) is 13.5 Å². The highest BCUT2D eigenvalue weighted by atomic mass is 32.1. The van der Waals surface area contributed by atoms with E-state index in [1.165, 1.54) is 0 Å². The van der Waals surface area contributed by atoms with Crippen LogP contribution in [0.1, 0.15) is 10.7 Å². The van der Waals surface area contributed by atoms with Gasteiger partial charge in [0.05, 0.1) is 12.1 Å². The number of aromatic nitrogens is 2. The van der Waals surface area contributed by atoms with Gasteiger partial charge in [0, 0.05) is 16.5 Å². The summed E-state index contributed by atoms with van der Waals surface area (Å²) in [7, 11) is 0. The van der Waals surface area contributed by atoms with Crippen molar-refractivity contribution >= 4 is 28.1 Å². The summed E-state index contributed by atoms with van der Waals surface area (Å²) >= 11 is 1.67. The Labute approximate surface area is 110 Å². The van der Waals surface area contributed by atoms with Crippen molar-refractivity contribution < 1.29 is 0 Å². The van der Waals surface area contributed by atoms with Crippen LogP contribution in [0.15, 0.2) is 41.8 Å². The van der Waals surface area contributed by atoms with E-state index in [2.05, 4.69) is 32.8 Å². The second-order valence-electron chi connectivity index (χ2n) is 4.13. The molecule has 1 aromatic carbocycles. The van der Waals surface area contributed by atoms with Crippen LogP contribution >= 0.6 is 11.3 Å². The molecule has 0 unspecified atom stereocenters. The fourth-order valence-corrected chi connectivity index (χ4v) is 2.53. The SMILES string of the molecule is Cc1csc(CNc2ccc3ccccc3n2)n1. The van der Waals surface area contributed by atoms with Crippen molar-refractivity contribution in [3.8, 4) is 0 Å². The molecule has 0 spiro atoms. The van der Waals surface area contributed by atoms with E-state index in [9.17, 15) is 0 Å². The highest BCUT2D eigenvalue weighted by Gasteiger charge is 2.00. The summed E-state index contributed by atoms with van der Waals surface area (Å²) in [4.78, 5) is 8.98. The first kappa shape index (κ1) is 11.2. The number of fused-ring (bicyclic) bond motifs is 1. The quantitative estimate of drug-likeness (QED) is 0.777. The van der Waals surface area contributed by atoms with Gasteiger partial charge in [-0.15, -0.1) is 11.3 Å². The topological polar surface area (TPSA) is 37.8 Å². The van der Waals surface area contributed by atoms with E-state index in [4.69, 9.17) is 0 Å². The molecule has 0 atom stereocenters. The number of rotatable bonds is 3. The second kappa shape index (κ2) is 4.74. The summed E-state index contributed by atoms with van der Waals surface area (Å²) in [6.07, 6.45) is 0. The number of thiazole rings is 1. The smallest absolute Gasteiger partial charge is 0.127 e. The molecule has 0 aliphatic rings. The van der Waals surface area contributed by atoms with Crippen LogP contribution in [0.3, 0.4) is 0 Å². The number of aryl methyl sites for hydroxylation is 1. The third-order valence-electron chi connectivity index (χ3n) is 2.69. The Kier molecular flexibility index (Phi) is 2.94. The number of pyridine rings is 1. The Morgan fingerprint density at radius 1 is 1.11 bits per heavy atom. The Balaban J connectivity index is 1.78. The number of nitrogens with zero attached hydrogens (tertiary/aromatic N) is 2. The van der Waals surface area contributed by atoms with Gasteiger partial charge in [-0.2, -0.15) is 0 Å². The molecule has 0 radical (unpaired) electrons. The van der Waals surface area contributed by atoms with Crippen molar-refractivity contribution in [1.29, 1.82) is 0 Å². The lowest BCUT2D eigenvalue weighted by atomic mass is 10.2. The minimum atomic E-state index is 0.726. The Bertz CT molecular complexity index is 675. The molecular formula is C14H13N3S. The standard InChI is InChI=1S/C14H13N3S/c1-10-9-18-14(16-10)8-15-13-7-6-11-4-2-3-5-12(11)17-13/h2-7,9H,8H2,1H3,(H,15,17). The first-order chi connectivity index (χ1) is 8.81. The number of nitrogens with one attached hydrogen (secondary N) is 1. The number of benzene rings is 1. The maximum Gasteiger partial charge on any atom is 0.127 e. The third kappa shape index (κ3) is 2.33. The number of para-hydroxylation sites is 1. The minimum absolute atomic E-state index is 0.726. The van der Waals surface area contributed by atoms with Crippen LogP contribution in [0, 0.1) is 6.92 Å². The van der Waals surface area contributed by atoms with Crippen LogP contribution in [0.25, 0.3) is 10.9 Å². The molecule has 0 bridgehead atoms. The first-order valence-corrected chi connectivity index (χ1v) is 6.70. The highest BCUT2D eigenvalue weighted by Crippen LogP contribution is 2.16. The fourth-order valence-electron chi connectivity index (χ4n) is 1.81. The molecular weight excluding hydrogens is 242 g/mol. The zero-order chi connectivity index (χ0) is 12.4. The van der Waals surface area contributed by atoms with Gasteiger partial charge >= 0.3 is 0 Å². The average Bonchev–Trinajstić information content (AvgIpc) is 2.82. The molecule has 0 aliphatic heterocycles. The number of hydrogen-bond donors (Lipinski definition) is 1. The lowest BCUT2D eigenvalue weighted by molar-refractivity contribution is 1.06. The second-order valence-corrected chi connectivity index (χ2v) is 5.07. The number of anilines is 1. The summed E-state index contributed by atoms with van der Waals surface area (Å²) in [5.41, 5.74) is 2.08. The Morgan fingerprint density at radius 3 is 2.83 bits per heavy atom. The molecule has 2 heterocycles. The summed E-state index contributed by atoms with van der Waals surface area (Å²) in [5.74, 6) is 0.890. The molecule has 18 heavy (non-hydrogen) atoms. The lowest BCUT2D eigenvalue weighted by Crippen LogP contribution is -2.00. The van der Waals surface area contributed by atoms with Gasteiger partial charge in [-0.3, -0.25) is 0 Å². The molecule has 3 rings (SSSR count). The summed E-state index contributed by atoms with van der Waals surface area (Å²) in [6.45, 7) is 2.73. The van der Waals surface area contributed by atoms with E-state index in [0.29, 0.717) is 0 Å². The van der Waals surface area contributed by atoms with Crippen molar-refractivity contribution in [3.05, 3.63) is 52.5 Å². The average molecular weight is 255 g/mol. The molecule has 2 aromatic heterocycles. The van der Waals surface area contributed by atoms with Gasteiger partial charge < -0.3 is 5.32 Å². The molecule has 90 valence electrons. The van der Waals surface area contributed by atoms with Crippen molar-refractivity contribution in [3.63, 3.8) is 0 Å². The summed E-state index contributed by atoms with van der Waals surface area (Å²) in [6, 6.07) is 12.2. The molecule has 0 amide bonds. The molecule has 0 aliphatic carbocycles. The van der Waals surface area contributed by atoms with Gasteiger partial charge in [0.2, 0.25) is 0 Å². The van der Waals surface area contributed by atoms with Crippen LogP contribution in [-0.4, -0.2) is 9.97 Å². The van der Waals surface area contributed by atoms with Crippen molar-refractivity contribution in [2.24, 2.45) is 0 Å². The molecule has 4 heteroatoms. The lowest BCUT2D eigenvalue weighted by Gasteiger charge is -2.04.